The first-order chi connectivity index (χ1) is 11.1. The van der Waals surface area contributed by atoms with Crippen LogP contribution in [0, 0.1) is 5.41 Å². The summed E-state index contributed by atoms with van der Waals surface area (Å²) >= 11 is 5.99. The average molecular weight is 333 g/mol. The third-order valence-corrected chi connectivity index (χ3v) is 5.41. The van der Waals surface area contributed by atoms with Gasteiger partial charge in [-0.25, -0.2) is 4.98 Å². The zero-order valence-electron chi connectivity index (χ0n) is 13.1. The van der Waals surface area contributed by atoms with Crippen molar-refractivity contribution in [2.75, 3.05) is 19.6 Å². The largest absolute Gasteiger partial charge is 0.348 e. The SMILES string of the molecule is O=C(NCc1nc2ccc(Cl)cc2[nH]1)C12CCCN(CCC1)C2. The molecule has 1 amide bonds. The molecule has 23 heavy (non-hydrogen) atoms. The van der Waals surface area contributed by atoms with Crippen molar-refractivity contribution < 1.29 is 4.79 Å². The number of benzene rings is 1. The maximum Gasteiger partial charge on any atom is 0.227 e. The minimum atomic E-state index is -0.189. The van der Waals surface area contributed by atoms with Crippen molar-refractivity contribution in [3.05, 3.63) is 29.0 Å². The van der Waals surface area contributed by atoms with Crippen molar-refractivity contribution in [2.45, 2.75) is 32.2 Å². The molecule has 2 fully saturated rings. The van der Waals surface area contributed by atoms with Gasteiger partial charge in [-0.1, -0.05) is 11.6 Å². The number of hydrogen-bond donors (Lipinski definition) is 2. The van der Waals surface area contributed by atoms with Crippen LogP contribution in [0.5, 0.6) is 0 Å². The van der Waals surface area contributed by atoms with Crippen LogP contribution >= 0.6 is 11.6 Å². The second-order valence-corrected chi connectivity index (χ2v) is 7.23. The van der Waals surface area contributed by atoms with E-state index in [2.05, 4.69) is 20.2 Å². The van der Waals surface area contributed by atoms with Gasteiger partial charge in [0, 0.05) is 11.6 Å². The van der Waals surface area contributed by atoms with Crippen LogP contribution in [-0.4, -0.2) is 40.4 Å². The van der Waals surface area contributed by atoms with E-state index in [-0.39, 0.29) is 11.3 Å². The van der Waals surface area contributed by atoms with E-state index >= 15 is 0 Å². The highest BCUT2D eigenvalue weighted by atomic mass is 35.5. The molecule has 0 spiro atoms. The molecule has 0 unspecified atom stereocenters. The van der Waals surface area contributed by atoms with Gasteiger partial charge < -0.3 is 15.2 Å². The third kappa shape index (κ3) is 2.83. The number of halogens is 1. The van der Waals surface area contributed by atoms with Crippen molar-refractivity contribution in [3.63, 3.8) is 0 Å². The number of nitrogens with zero attached hydrogens (tertiary/aromatic N) is 2. The lowest BCUT2D eigenvalue weighted by molar-refractivity contribution is -0.137. The van der Waals surface area contributed by atoms with Gasteiger partial charge in [0.05, 0.1) is 23.0 Å². The van der Waals surface area contributed by atoms with Crippen molar-refractivity contribution in [1.29, 1.82) is 0 Å². The van der Waals surface area contributed by atoms with Crippen LogP contribution in [0.4, 0.5) is 0 Å². The Labute approximate surface area is 140 Å². The Morgan fingerprint density at radius 2 is 2.13 bits per heavy atom. The molecule has 5 nitrogen and oxygen atoms in total. The highest BCUT2D eigenvalue weighted by Crippen LogP contribution is 2.38. The van der Waals surface area contributed by atoms with Gasteiger partial charge in [0.1, 0.15) is 5.82 Å². The first kappa shape index (κ1) is 15.0. The molecule has 2 bridgehead atoms. The number of fused-ring (bicyclic) bond motifs is 3. The predicted octanol–water partition coefficient (Wildman–Crippen LogP) is 2.71. The highest BCUT2D eigenvalue weighted by molar-refractivity contribution is 6.31. The fourth-order valence-corrected chi connectivity index (χ4v) is 4.20. The van der Waals surface area contributed by atoms with Crippen LogP contribution in [0.3, 0.4) is 0 Å². The number of rotatable bonds is 3. The topological polar surface area (TPSA) is 61.0 Å². The first-order valence-electron chi connectivity index (χ1n) is 8.29. The summed E-state index contributed by atoms with van der Waals surface area (Å²) in [4.78, 5) is 22.9. The van der Waals surface area contributed by atoms with Crippen molar-refractivity contribution >= 4 is 28.5 Å². The predicted molar refractivity (Wildman–Crippen MR) is 90.3 cm³/mol. The third-order valence-electron chi connectivity index (χ3n) is 5.18. The summed E-state index contributed by atoms with van der Waals surface area (Å²) in [5.41, 5.74) is 1.59. The lowest BCUT2D eigenvalue weighted by atomic mass is 9.73. The lowest BCUT2D eigenvalue weighted by Gasteiger charge is -2.45. The normalized spacial score (nSPS) is 27.1. The molecule has 2 aliphatic heterocycles. The van der Waals surface area contributed by atoms with Crippen molar-refractivity contribution in [2.24, 2.45) is 5.41 Å². The Kier molecular flexibility index (Phi) is 3.77. The molecule has 2 aromatic rings. The van der Waals surface area contributed by atoms with Gasteiger partial charge in [0.25, 0.3) is 0 Å². The van der Waals surface area contributed by atoms with Crippen LogP contribution in [-0.2, 0) is 11.3 Å². The number of nitrogens with one attached hydrogen (secondary N) is 2. The fourth-order valence-electron chi connectivity index (χ4n) is 4.03. The van der Waals surface area contributed by atoms with Gasteiger partial charge in [0.15, 0.2) is 0 Å². The van der Waals surface area contributed by atoms with Crippen LogP contribution in [0.2, 0.25) is 5.02 Å². The Morgan fingerprint density at radius 1 is 1.35 bits per heavy atom. The van der Waals surface area contributed by atoms with E-state index in [4.69, 9.17) is 11.6 Å². The molecule has 0 aliphatic carbocycles. The molecule has 0 atom stereocenters. The smallest absolute Gasteiger partial charge is 0.227 e. The van der Waals surface area contributed by atoms with E-state index in [0.29, 0.717) is 11.6 Å². The fraction of sp³-hybridized carbons (Fsp3) is 0.529. The van der Waals surface area contributed by atoms with Crippen LogP contribution in [0.25, 0.3) is 11.0 Å². The Morgan fingerprint density at radius 3 is 2.91 bits per heavy atom. The number of carbonyl (C=O) groups excluding carboxylic acids is 1. The number of H-pyrrole nitrogens is 1. The zero-order valence-corrected chi connectivity index (χ0v) is 13.8. The summed E-state index contributed by atoms with van der Waals surface area (Å²) in [5, 5.41) is 3.78. The number of imidazole rings is 1. The lowest BCUT2D eigenvalue weighted by Crippen LogP contribution is -2.55. The van der Waals surface area contributed by atoms with Gasteiger partial charge in [0.2, 0.25) is 5.91 Å². The molecular formula is C17H21ClN4O. The van der Waals surface area contributed by atoms with Crippen molar-refractivity contribution in [3.8, 4) is 0 Å². The molecule has 2 aliphatic rings. The number of aromatic nitrogens is 2. The summed E-state index contributed by atoms with van der Waals surface area (Å²) < 4.78 is 0. The van der Waals surface area contributed by atoms with E-state index in [0.717, 1.165) is 62.2 Å². The molecule has 2 saturated heterocycles. The highest BCUT2D eigenvalue weighted by Gasteiger charge is 2.43. The first-order valence-corrected chi connectivity index (χ1v) is 8.67. The van der Waals surface area contributed by atoms with Gasteiger partial charge in [-0.05, 0) is 57.0 Å². The Bertz CT molecular complexity index is 731. The average Bonchev–Trinajstić information content (AvgIpc) is 2.94. The van der Waals surface area contributed by atoms with E-state index in [1.807, 2.05) is 18.2 Å². The van der Waals surface area contributed by atoms with E-state index in [1.165, 1.54) is 0 Å². The second kappa shape index (κ2) is 5.80. The molecule has 0 radical (unpaired) electrons. The molecule has 122 valence electrons. The molecule has 1 aromatic heterocycles. The number of carbonyl (C=O) groups is 1. The minimum Gasteiger partial charge on any atom is -0.348 e. The van der Waals surface area contributed by atoms with Gasteiger partial charge in [-0.15, -0.1) is 0 Å². The van der Waals surface area contributed by atoms with E-state index < -0.39 is 0 Å². The quantitative estimate of drug-likeness (QED) is 0.908. The summed E-state index contributed by atoms with van der Waals surface area (Å²) in [5.74, 6) is 0.955. The summed E-state index contributed by atoms with van der Waals surface area (Å²) in [7, 11) is 0. The van der Waals surface area contributed by atoms with Gasteiger partial charge in [-0.3, -0.25) is 4.79 Å². The Balaban J connectivity index is 1.46. The van der Waals surface area contributed by atoms with Crippen LogP contribution in [0.1, 0.15) is 31.5 Å². The number of piperidine rings is 2. The van der Waals surface area contributed by atoms with E-state index in [1.54, 1.807) is 0 Å². The standard InChI is InChI=1S/C17H21ClN4O/c18-12-3-4-13-14(9-12)21-15(20-13)10-19-16(23)17-5-1-7-22(11-17)8-2-6-17/h3-4,9H,1-2,5-8,10-11H2,(H,19,23)(H,20,21). The molecule has 0 saturated carbocycles. The molecule has 2 N–H and O–H groups in total. The number of amides is 1. The zero-order chi connectivity index (χ0) is 15.9. The molecule has 6 heteroatoms. The minimum absolute atomic E-state index is 0.181. The summed E-state index contributed by atoms with van der Waals surface area (Å²) in [6, 6.07) is 5.57. The Hall–Kier alpha value is -1.59. The number of aromatic amines is 1. The van der Waals surface area contributed by atoms with Crippen LogP contribution < -0.4 is 5.32 Å². The molecule has 3 heterocycles. The van der Waals surface area contributed by atoms with Crippen LogP contribution in [0.15, 0.2) is 18.2 Å². The van der Waals surface area contributed by atoms with Gasteiger partial charge in [-0.2, -0.15) is 0 Å². The molecular weight excluding hydrogens is 312 g/mol. The number of hydrogen-bond acceptors (Lipinski definition) is 3. The summed E-state index contributed by atoms with van der Waals surface area (Å²) in [6.07, 6.45) is 4.25. The van der Waals surface area contributed by atoms with E-state index in [9.17, 15) is 4.79 Å². The molecule has 1 aromatic carbocycles. The summed E-state index contributed by atoms with van der Waals surface area (Å²) in [6.45, 7) is 3.63. The maximum atomic E-state index is 12.8. The second-order valence-electron chi connectivity index (χ2n) is 6.79. The maximum absolute atomic E-state index is 12.8. The monoisotopic (exact) mass is 332 g/mol. The molecule has 4 rings (SSSR count). The van der Waals surface area contributed by atoms with Gasteiger partial charge >= 0.3 is 0 Å². The van der Waals surface area contributed by atoms with Crippen molar-refractivity contribution in [1.82, 2.24) is 20.2 Å².